The average molecular weight is 741 g/mol. The molecule has 0 amide bonds. The summed E-state index contributed by atoms with van der Waals surface area (Å²) in [5, 5.41) is 0. The monoisotopic (exact) mass is 742 g/mol. The van der Waals surface area contributed by atoms with E-state index in [4.69, 9.17) is 0 Å². The summed E-state index contributed by atoms with van der Waals surface area (Å²) in [6.07, 6.45) is -19.2. The molecular formula is C16H15F21OSn. The number of hydrogen-bond donors (Lipinski definition) is 0. The van der Waals surface area contributed by atoms with Gasteiger partial charge in [0.25, 0.3) is 0 Å². The fraction of sp³-hybridized carbons (Fsp3) is 1.00. The Morgan fingerprint density at radius 3 is 0.872 bits per heavy atom. The van der Waals surface area contributed by atoms with Gasteiger partial charge in [0.1, 0.15) is 0 Å². The summed E-state index contributed by atoms with van der Waals surface area (Å²) < 4.78 is 269. The van der Waals surface area contributed by atoms with Gasteiger partial charge in [0.15, 0.2) is 0 Å². The van der Waals surface area contributed by atoms with E-state index in [9.17, 15) is 92.2 Å². The van der Waals surface area contributed by atoms with Crippen LogP contribution in [0.5, 0.6) is 0 Å². The molecule has 0 spiro atoms. The van der Waals surface area contributed by atoms with Gasteiger partial charge in [-0.2, -0.15) is 0 Å². The summed E-state index contributed by atoms with van der Waals surface area (Å²) >= 11 is -10.3. The maximum atomic E-state index is 14.9. The predicted octanol–water partition coefficient (Wildman–Crippen LogP) is 7.99. The number of unbranched alkanes of at least 4 members (excludes halogenated alkanes) is 1. The molecule has 3 unspecified atom stereocenters. The molecule has 23 heteroatoms. The molecule has 0 N–H and O–H groups in total. The zero-order valence-electron chi connectivity index (χ0n) is 18.4. The number of halogens is 21. The van der Waals surface area contributed by atoms with E-state index in [1.807, 2.05) is 0 Å². The van der Waals surface area contributed by atoms with E-state index >= 15 is 0 Å². The Bertz CT molecular complexity index is 693. The van der Waals surface area contributed by atoms with Crippen LogP contribution >= 0.6 is 0 Å². The molecule has 0 rings (SSSR count). The number of alkyl halides is 21. The van der Waals surface area contributed by atoms with Crippen molar-refractivity contribution in [1.82, 2.24) is 0 Å². The van der Waals surface area contributed by atoms with Gasteiger partial charge in [0.2, 0.25) is 0 Å². The van der Waals surface area contributed by atoms with Crippen molar-refractivity contribution in [3.8, 4) is 0 Å². The molecule has 0 aliphatic carbocycles. The fourth-order valence-corrected chi connectivity index (χ4v) is 14.2. The van der Waals surface area contributed by atoms with Gasteiger partial charge in [-0.3, -0.25) is 0 Å². The predicted molar refractivity (Wildman–Crippen MR) is 89.0 cm³/mol. The minimum atomic E-state index is -10.3. The van der Waals surface area contributed by atoms with Crippen molar-refractivity contribution in [2.45, 2.75) is 87.1 Å². The molecule has 0 aromatic carbocycles. The van der Waals surface area contributed by atoms with Crippen LogP contribution in [0.4, 0.5) is 92.2 Å². The Balaban J connectivity index is 7.91. The van der Waals surface area contributed by atoms with Crippen molar-refractivity contribution in [2.75, 3.05) is 6.61 Å². The van der Waals surface area contributed by atoms with Crippen molar-refractivity contribution < 1.29 is 95.3 Å². The van der Waals surface area contributed by atoms with Gasteiger partial charge in [0.05, 0.1) is 0 Å². The summed E-state index contributed by atoms with van der Waals surface area (Å²) in [5.41, 5.74) is 0. The summed E-state index contributed by atoms with van der Waals surface area (Å²) in [6.45, 7) is -1.15. The van der Waals surface area contributed by atoms with E-state index in [1.54, 1.807) is 0 Å². The van der Waals surface area contributed by atoms with E-state index in [1.165, 1.54) is 0 Å². The van der Waals surface area contributed by atoms with E-state index in [0.717, 1.165) is 6.92 Å². The second-order valence-electron chi connectivity index (χ2n) is 7.78. The van der Waals surface area contributed by atoms with Crippen LogP contribution in [0.25, 0.3) is 0 Å². The van der Waals surface area contributed by atoms with Crippen molar-refractivity contribution in [3.05, 3.63) is 0 Å². The van der Waals surface area contributed by atoms with E-state index in [2.05, 4.69) is 3.07 Å². The summed E-state index contributed by atoms with van der Waals surface area (Å²) in [5.74, 6) is -44.8. The maximum absolute atomic E-state index is 14.9. The molecular weight excluding hydrogens is 726 g/mol. The Labute approximate surface area is 208 Å². The normalized spacial score (nSPS) is 19.0. The molecule has 39 heavy (non-hydrogen) atoms. The average Bonchev–Trinajstić information content (AvgIpc) is 2.79. The van der Waals surface area contributed by atoms with Gasteiger partial charge in [0, 0.05) is 0 Å². The first-order chi connectivity index (χ1) is 17.1. The van der Waals surface area contributed by atoms with Crippen LogP contribution in [0, 0.1) is 0 Å². The Morgan fingerprint density at radius 1 is 0.462 bits per heavy atom. The molecule has 0 aliphatic heterocycles. The number of hydrogen-bond acceptors (Lipinski definition) is 1. The molecule has 236 valence electrons. The van der Waals surface area contributed by atoms with Crippen molar-refractivity contribution >= 4 is 18.8 Å². The molecule has 0 saturated carbocycles. The third kappa shape index (κ3) is 6.24. The molecule has 0 heterocycles. The van der Waals surface area contributed by atoms with Gasteiger partial charge in [-0.25, -0.2) is 0 Å². The van der Waals surface area contributed by atoms with E-state index < -0.39 is 106 Å². The van der Waals surface area contributed by atoms with Crippen LogP contribution in [-0.4, -0.2) is 92.8 Å². The first-order valence-corrected chi connectivity index (χ1v) is 15.9. The molecule has 0 aromatic heterocycles. The molecule has 0 radical (unpaired) electrons. The van der Waals surface area contributed by atoms with E-state index in [0.29, 0.717) is 0 Å². The summed E-state index contributed by atoms with van der Waals surface area (Å²) in [4.78, 5) is 0. The van der Waals surface area contributed by atoms with Crippen LogP contribution < -0.4 is 0 Å². The fourth-order valence-electron chi connectivity index (χ4n) is 2.79. The Hall–Kier alpha value is -0.711. The van der Waals surface area contributed by atoms with Crippen LogP contribution in [0.15, 0.2) is 0 Å². The zero-order valence-corrected chi connectivity index (χ0v) is 21.3. The minimum absolute atomic E-state index is 0.538. The second-order valence-corrected chi connectivity index (χ2v) is 17.8. The SMILES string of the molecule is CCCC[O][Sn]([CH](F)C(F)(F)C(F)(F)C(F)F)([CH](F)C(F)(F)C(F)(F)C(F)F)[CH](F)C(F)(F)C(F)(F)C(F)F. The topological polar surface area (TPSA) is 9.23 Å². The van der Waals surface area contributed by atoms with Crippen molar-refractivity contribution in [1.29, 1.82) is 0 Å². The van der Waals surface area contributed by atoms with Crippen LogP contribution in [0.1, 0.15) is 19.8 Å². The van der Waals surface area contributed by atoms with Crippen LogP contribution in [0.2, 0.25) is 0 Å². The molecule has 0 saturated heterocycles. The molecule has 0 bridgehead atoms. The van der Waals surface area contributed by atoms with Gasteiger partial charge >= 0.3 is 208 Å². The van der Waals surface area contributed by atoms with E-state index in [-0.39, 0.29) is 0 Å². The standard InChI is InChI=1S/3C4H2F7.C4H9O.Sn/c3*5-1-3(8,9)4(10,11)2(6)7;1-2-3-4-5;/h3*1-2H;2-4H2,1H3;/q;;;-1;+1. The van der Waals surface area contributed by atoms with Gasteiger partial charge in [-0.1, -0.05) is 0 Å². The molecule has 0 fully saturated rings. The van der Waals surface area contributed by atoms with Crippen LogP contribution in [0.3, 0.4) is 0 Å². The Kier molecular flexibility index (Phi) is 12.0. The molecule has 3 atom stereocenters. The third-order valence-corrected chi connectivity index (χ3v) is 17.0. The molecule has 1 nitrogen and oxygen atoms in total. The molecule has 0 aliphatic rings. The Morgan fingerprint density at radius 2 is 0.692 bits per heavy atom. The quantitative estimate of drug-likeness (QED) is 0.0887. The summed E-state index contributed by atoms with van der Waals surface area (Å²) in [6, 6.07) is 0. The van der Waals surface area contributed by atoms with Crippen molar-refractivity contribution in [2.24, 2.45) is 0 Å². The van der Waals surface area contributed by atoms with Gasteiger partial charge < -0.3 is 0 Å². The summed E-state index contributed by atoms with van der Waals surface area (Å²) in [7, 11) is 0. The van der Waals surface area contributed by atoms with Gasteiger partial charge in [-0.05, 0) is 0 Å². The zero-order chi connectivity index (χ0) is 31.8. The van der Waals surface area contributed by atoms with Crippen molar-refractivity contribution in [3.63, 3.8) is 0 Å². The first-order valence-electron chi connectivity index (χ1n) is 9.78. The number of rotatable bonds is 16. The van der Waals surface area contributed by atoms with Gasteiger partial charge in [-0.15, -0.1) is 0 Å². The first kappa shape index (κ1) is 38.3. The molecule has 0 aromatic rings. The van der Waals surface area contributed by atoms with Crippen LogP contribution in [-0.2, 0) is 3.07 Å². The second kappa shape index (κ2) is 12.3. The third-order valence-electron chi connectivity index (χ3n) is 5.15.